The zero-order chi connectivity index (χ0) is 19.7. The van der Waals surface area contributed by atoms with Crippen molar-refractivity contribution in [1.29, 1.82) is 0 Å². The molecule has 160 valence electrons. The normalized spacial score (nSPS) is 22.7. The Balaban J connectivity index is 2.04. The van der Waals surface area contributed by atoms with Gasteiger partial charge >= 0.3 is 0 Å². The van der Waals surface area contributed by atoms with Crippen molar-refractivity contribution in [2.75, 3.05) is 13.2 Å². The smallest absolute Gasteiger partial charge is 0.223 e. The molecule has 1 aliphatic rings. The second kappa shape index (κ2) is 16.4. The second-order valence-electron chi connectivity index (χ2n) is 8.38. The third-order valence-corrected chi connectivity index (χ3v) is 5.69. The number of hydrogen-bond donors (Lipinski definition) is 2. The third-order valence-electron chi connectivity index (χ3n) is 5.69. The van der Waals surface area contributed by atoms with Crippen LogP contribution >= 0.6 is 0 Å². The van der Waals surface area contributed by atoms with Crippen LogP contribution in [0.25, 0.3) is 0 Å². The number of aliphatic hydroxyl groups is 1. The molecule has 0 aromatic carbocycles. The monoisotopic (exact) mass is 383 g/mol. The van der Waals surface area contributed by atoms with Crippen LogP contribution in [0.2, 0.25) is 0 Å². The lowest BCUT2D eigenvalue weighted by Gasteiger charge is -2.31. The Bertz CT molecular complexity index is 362. The minimum Gasteiger partial charge on any atom is -0.393 e. The Kier molecular flexibility index (Phi) is 14.8. The summed E-state index contributed by atoms with van der Waals surface area (Å²) in [6, 6.07) is 0. The van der Waals surface area contributed by atoms with Gasteiger partial charge < -0.3 is 15.2 Å². The molecular weight excluding hydrogens is 338 g/mol. The highest BCUT2D eigenvalue weighted by molar-refractivity contribution is 5.78. The van der Waals surface area contributed by atoms with E-state index in [-0.39, 0.29) is 17.9 Å². The predicted molar refractivity (Wildman–Crippen MR) is 113 cm³/mol. The van der Waals surface area contributed by atoms with E-state index in [2.05, 4.69) is 19.2 Å². The first-order valence-electron chi connectivity index (χ1n) is 11.7. The number of carbonyl (C=O) groups excluding carboxylic acids is 1. The molecule has 4 nitrogen and oxygen atoms in total. The first-order valence-corrected chi connectivity index (χ1v) is 11.7. The van der Waals surface area contributed by atoms with Crippen molar-refractivity contribution in [2.24, 2.45) is 5.92 Å². The molecule has 0 aromatic rings. The average molecular weight is 384 g/mol. The molecule has 0 radical (unpaired) electrons. The van der Waals surface area contributed by atoms with Crippen LogP contribution in [0.3, 0.4) is 0 Å². The van der Waals surface area contributed by atoms with Crippen LogP contribution in [-0.4, -0.2) is 36.4 Å². The van der Waals surface area contributed by atoms with Crippen molar-refractivity contribution in [1.82, 2.24) is 5.32 Å². The van der Waals surface area contributed by atoms with E-state index in [9.17, 15) is 9.90 Å². The summed E-state index contributed by atoms with van der Waals surface area (Å²) in [6.07, 6.45) is 17.0. The molecule has 3 atom stereocenters. The van der Waals surface area contributed by atoms with Crippen LogP contribution in [0, 0.1) is 5.92 Å². The van der Waals surface area contributed by atoms with E-state index in [1.165, 1.54) is 57.8 Å². The molecule has 1 amide bonds. The Morgan fingerprint density at radius 2 is 1.44 bits per heavy atom. The lowest BCUT2D eigenvalue weighted by atomic mass is 9.84. The van der Waals surface area contributed by atoms with Crippen molar-refractivity contribution in [3.8, 4) is 0 Å². The van der Waals surface area contributed by atoms with Crippen LogP contribution in [0.1, 0.15) is 110 Å². The third kappa shape index (κ3) is 12.5. The van der Waals surface area contributed by atoms with Gasteiger partial charge in [-0.05, 0) is 32.1 Å². The highest BCUT2D eigenvalue weighted by atomic mass is 16.5. The lowest BCUT2D eigenvalue weighted by Crippen LogP contribution is -2.40. The number of ether oxygens (including phenoxy) is 1. The molecule has 0 aromatic heterocycles. The van der Waals surface area contributed by atoms with E-state index in [0.717, 1.165) is 38.8 Å². The fraction of sp³-hybridized carbons (Fsp3) is 0.957. The largest absolute Gasteiger partial charge is 0.393 e. The van der Waals surface area contributed by atoms with E-state index in [0.29, 0.717) is 12.8 Å². The maximum atomic E-state index is 12.2. The second-order valence-corrected chi connectivity index (χ2v) is 8.38. The Morgan fingerprint density at radius 1 is 0.852 bits per heavy atom. The van der Waals surface area contributed by atoms with Crippen LogP contribution in [0.5, 0.6) is 0 Å². The number of amides is 1. The summed E-state index contributed by atoms with van der Waals surface area (Å²) in [5.41, 5.74) is 0. The Morgan fingerprint density at radius 3 is 2.07 bits per heavy atom. The first kappa shape index (κ1) is 24.4. The first-order chi connectivity index (χ1) is 13.2. The average Bonchev–Trinajstić information content (AvgIpc) is 2.66. The number of hydrogen-bond acceptors (Lipinski definition) is 3. The zero-order valence-corrected chi connectivity index (χ0v) is 18.0. The molecule has 4 heteroatoms. The summed E-state index contributed by atoms with van der Waals surface area (Å²) in [4.78, 5) is 12.2. The topological polar surface area (TPSA) is 58.6 Å². The fourth-order valence-corrected chi connectivity index (χ4v) is 3.96. The molecule has 0 saturated heterocycles. The molecule has 0 unspecified atom stereocenters. The molecule has 1 rings (SSSR count). The molecule has 1 aliphatic carbocycles. The minimum atomic E-state index is -0.404. The highest BCUT2D eigenvalue weighted by Crippen LogP contribution is 2.27. The molecule has 27 heavy (non-hydrogen) atoms. The van der Waals surface area contributed by atoms with Gasteiger partial charge in [-0.2, -0.15) is 0 Å². The standard InChI is InChI=1S/C23H45NO3/c1-3-5-7-8-9-10-11-12-13-14-16-27-22-18-20(17-21(25)19-22)23(26)24-15-6-4-2/h20-22,25H,3-19H2,1-2H3,(H,24,26)/t20-,21+,22-/m1/s1. The molecule has 0 heterocycles. The fourth-order valence-electron chi connectivity index (χ4n) is 3.96. The van der Waals surface area contributed by atoms with Gasteiger partial charge in [-0.1, -0.05) is 78.1 Å². The quantitative estimate of drug-likeness (QED) is 0.352. The van der Waals surface area contributed by atoms with Crippen LogP contribution in [0.15, 0.2) is 0 Å². The van der Waals surface area contributed by atoms with Crippen molar-refractivity contribution >= 4 is 5.91 Å². The Hall–Kier alpha value is -0.610. The number of rotatable bonds is 16. The van der Waals surface area contributed by atoms with Gasteiger partial charge in [0.1, 0.15) is 0 Å². The minimum absolute atomic E-state index is 0.0363. The van der Waals surface area contributed by atoms with E-state index in [1.54, 1.807) is 0 Å². The van der Waals surface area contributed by atoms with Crippen LogP contribution in [-0.2, 0) is 9.53 Å². The number of nitrogens with one attached hydrogen (secondary N) is 1. The van der Waals surface area contributed by atoms with Crippen molar-refractivity contribution in [3.63, 3.8) is 0 Å². The zero-order valence-electron chi connectivity index (χ0n) is 18.0. The summed E-state index contributed by atoms with van der Waals surface area (Å²) < 4.78 is 5.99. The highest BCUT2D eigenvalue weighted by Gasteiger charge is 2.32. The van der Waals surface area contributed by atoms with Crippen molar-refractivity contribution in [2.45, 2.75) is 122 Å². The van der Waals surface area contributed by atoms with Crippen LogP contribution in [0.4, 0.5) is 0 Å². The van der Waals surface area contributed by atoms with Gasteiger partial charge in [-0.25, -0.2) is 0 Å². The summed E-state index contributed by atoms with van der Waals surface area (Å²) in [5, 5.41) is 13.1. The molecule has 0 bridgehead atoms. The molecular formula is C23H45NO3. The number of unbranched alkanes of at least 4 members (excludes halogenated alkanes) is 10. The van der Waals surface area contributed by atoms with E-state index >= 15 is 0 Å². The van der Waals surface area contributed by atoms with E-state index in [4.69, 9.17) is 4.74 Å². The van der Waals surface area contributed by atoms with Crippen LogP contribution < -0.4 is 5.32 Å². The molecule has 1 fully saturated rings. The summed E-state index contributed by atoms with van der Waals surface area (Å²) >= 11 is 0. The number of aliphatic hydroxyl groups excluding tert-OH is 1. The summed E-state index contributed by atoms with van der Waals surface area (Å²) in [7, 11) is 0. The lowest BCUT2D eigenvalue weighted by molar-refractivity contribution is -0.130. The van der Waals surface area contributed by atoms with Gasteiger partial charge in [0.25, 0.3) is 0 Å². The van der Waals surface area contributed by atoms with Crippen molar-refractivity contribution in [3.05, 3.63) is 0 Å². The SMILES string of the molecule is CCCCCCCCCCCCO[C@H]1C[C@@H](O)C[C@@H](C(=O)NCCCC)C1. The van der Waals surface area contributed by atoms with Gasteiger partial charge in [0.15, 0.2) is 0 Å². The molecule has 2 N–H and O–H groups in total. The van der Waals surface area contributed by atoms with Gasteiger partial charge in [-0.15, -0.1) is 0 Å². The summed E-state index contributed by atoms with van der Waals surface area (Å²) in [6.45, 7) is 5.89. The number of carbonyl (C=O) groups is 1. The molecule has 0 spiro atoms. The maximum Gasteiger partial charge on any atom is 0.223 e. The van der Waals surface area contributed by atoms with E-state index < -0.39 is 6.10 Å². The van der Waals surface area contributed by atoms with Gasteiger partial charge in [0.05, 0.1) is 12.2 Å². The predicted octanol–water partition coefficient (Wildman–Crippen LogP) is 5.37. The van der Waals surface area contributed by atoms with Crippen molar-refractivity contribution < 1.29 is 14.6 Å². The molecule has 1 saturated carbocycles. The van der Waals surface area contributed by atoms with Gasteiger partial charge in [-0.3, -0.25) is 4.79 Å². The maximum absolute atomic E-state index is 12.2. The van der Waals surface area contributed by atoms with Gasteiger partial charge in [0, 0.05) is 19.1 Å². The van der Waals surface area contributed by atoms with E-state index in [1.807, 2.05) is 0 Å². The Labute approximate surface area is 167 Å². The summed E-state index contributed by atoms with van der Waals surface area (Å²) in [5.74, 6) is -0.00180. The molecule has 0 aliphatic heterocycles. The van der Waals surface area contributed by atoms with Gasteiger partial charge in [0.2, 0.25) is 5.91 Å².